The molecule has 0 aliphatic carbocycles. The molecule has 5 heteroatoms. The van der Waals surface area contributed by atoms with Gasteiger partial charge >= 0.3 is 0 Å². The Morgan fingerprint density at radius 2 is 1.63 bits per heavy atom. The minimum absolute atomic E-state index is 0.0174. The maximum Gasteiger partial charge on any atom is 0.228 e. The van der Waals surface area contributed by atoms with Crippen LogP contribution in [0.5, 0.6) is 0 Å². The van der Waals surface area contributed by atoms with E-state index in [1.54, 1.807) is 11.3 Å². The predicted octanol–water partition coefficient (Wildman–Crippen LogP) is 5.83. The van der Waals surface area contributed by atoms with Crippen LogP contribution < -0.4 is 5.32 Å². The molecule has 27 heavy (non-hydrogen) atoms. The third kappa shape index (κ3) is 4.62. The Labute approximate surface area is 170 Å². The van der Waals surface area contributed by atoms with E-state index in [1.807, 2.05) is 66.7 Å². The van der Waals surface area contributed by atoms with Gasteiger partial charge < -0.3 is 5.32 Å². The lowest BCUT2D eigenvalue weighted by atomic mass is 10.1. The Hall–Kier alpha value is -2.50. The number of aromatic nitrogens is 1. The van der Waals surface area contributed by atoms with Crippen molar-refractivity contribution in [2.24, 2.45) is 0 Å². The van der Waals surface area contributed by atoms with Crippen molar-refractivity contribution in [3.8, 4) is 0 Å². The molecule has 0 bridgehead atoms. The number of hydrogen-bond acceptors (Lipinski definition) is 3. The van der Waals surface area contributed by atoms with Gasteiger partial charge in [0.25, 0.3) is 0 Å². The molecule has 134 valence electrons. The van der Waals surface area contributed by atoms with Crippen molar-refractivity contribution in [3.05, 3.63) is 93.4 Å². The number of nitrogens with zero attached hydrogens (tertiary/aromatic N) is 1. The second-order valence-corrected chi connectivity index (χ2v) is 8.33. The lowest BCUT2D eigenvalue weighted by Gasteiger charge is -2.06. The van der Waals surface area contributed by atoms with E-state index in [2.05, 4.69) is 32.3 Å². The van der Waals surface area contributed by atoms with Crippen LogP contribution in [0.25, 0.3) is 10.2 Å². The zero-order chi connectivity index (χ0) is 18.6. The highest BCUT2D eigenvalue weighted by molar-refractivity contribution is 9.10. The summed E-state index contributed by atoms with van der Waals surface area (Å²) in [7, 11) is 0. The fraction of sp³-hybridized carbons (Fsp3) is 0.0909. The molecule has 1 amide bonds. The Kier molecular flexibility index (Phi) is 5.32. The number of para-hydroxylation sites is 1. The van der Waals surface area contributed by atoms with Gasteiger partial charge in [0.15, 0.2) is 0 Å². The third-order valence-electron chi connectivity index (χ3n) is 4.21. The van der Waals surface area contributed by atoms with Gasteiger partial charge in [-0.25, -0.2) is 4.98 Å². The molecule has 0 saturated carbocycles. The van der Waals surface area contributed by atoms with E-state index >= 15 is 0 Å². The third-order valence-corrected chi connectivity index (χ3v) is 5.77. The van der Waals surface area contributed by atoms with Crippen LogP contribution in [0, 0.1) is 0 Å². The smallest absolute Gasteiger partial charge is 0.228 e. The first kappa shape index (κ1) is 17.9. The van der Waals surface area contributed by atoms with Crippen molar-refractivity contribution in [1.82, 2.24) is 4.98 Å². The number of thiazole rings is 1. The van der Waals surface area contributed by atoms with E-state index in [-0.39, 0.29) is 5.91 Å². The molecule has 0 aliphatic heterocycles. The second-order valence-electron chi connectivity index (χ2n) is 6.30. The van der Waals surface area contributed by atoms with Gasteiger partial charge in [-0.3, -0.25) is 4.79 Å². The van der Waals surface area contributed by atoms with Gasteiger partial charge in [-0.05, 0) is 47.5 Å². The maximum absolute atomic E-state index is 12.2. The number of carbonyl (C=O) groups is 1. The number of benzene rings is 3. The number of halogens is 1. The highest BCUT2D eigenvalue weighted by Gasteiger charge is 2.06. The number of rotatable bonds is 5. The summed E-state index contributed by atoms with van der Waals surface area (Å²) in [4.78, 5) is 16.9. The van der Waals surface area contributed by atoms with Crippen LogP contribution in [-0.4, -0.2) is 10.9 Å². The normalized spacial score (nSPS) is 10.9. The second kappa shape index (κ2) is 8.03. The highest BCUT2D eigenvalue weighted by atomic mass is 79.9. The molecule has 0 radical (unpaired) electrons. The number of carbonyl (C=O) groups excluding carboxylic acids is 1. The summed E-state index contributed by atoms with van der Waals surface area (Å²) in [5.41, 5.74) is 4.03. The molecule has 0 fully saturated rings. The van der Waals surface area contributed by atoms with Crippen molar-refractivity contribution < 1.29 is 4.79 Å². The van der Waals surface area contributed by atoms with E-state index in [4.69, 9.17) is 0 Å². The quantitative estimate of drug-likeness (QED) is 0.427. The average molecular weight is 437 g/mol. The molecule has 0 spiro atoms. The molecule has 1 aromatic heterocycles. The first-order valence-corrected chi connectivity index (χ1v) is 10.2. The van der Waals surface area contributed by atoms with Crippen molar-refractivity contribution in [3.63, 3.8) is 0 Å². The molecular weight excluding hydrogens is 420 g/mol. The van der Waals surface area contributed by atoms with Crippen LogP contribution in [0.1, 0.15) is 16.1 Å². The molecule has 0 aliphatic rings. The van der Waals surface area contributed by atoms with E-state index in [9.17, 15) is 4.79 Å². The zero-order valence-corrected chi connectivity index (χ0v) is 16.9. The zero-order valence-electron chi connectivity index (χ0n) is 14.5. The van der Waals surface area contributed by atoms with Crippen molar-refractivity contribution in [2.75, 3.05) is 5.32 Å². The molecule has 1 N–H and O–H groups in total. The van der Waals surface area contributed by atoms with Crippen LogP contribution in [0.3, 0.4) is 0 Å². The Morgan fingerprint density at radius 1 is 0.926 bits per heavy atom. The Morgan fingerprint density at radius 3 is 2.37 bits per heavy atom. The molecule has 0 atom stereocenters. The minimum atomic E-state index is -0.0174. The summed E-state index contributed by atoms with van der Waals surface area (Å²) < 4.78 is 2.22. The molecule has 3 aromatic carbocycles. The summed E-state index contributed by atoms with van der Waals surface area (Å²) in [6, 6.07) is 24.0. The molecule has 1 heterocycles. The summed E-state index contributed by atoms with van der Waals surface area (Å²) in [5.74, 6) is -0.0174. The lowest BCUT2D eigenvalue weighted by molar-refractivity contribution is -0.115. The van der Waals surface area contributed by atoms with Crippen LogP contribution in [0.2, 0.25) is 0 Å². The largest absolute Gasteiger partial charge is 0.326 e. The maximum atomic E-state index is 12.2. The molecule has 0 unspecified atom stereocenters. The SMILES string of the molecule is O=C(Cc1ccc(Br)cc1)Nc1ccc(Cc2nc3ccccc3s2)cc1. The first-order valence-electron chi connectivity index (χ1n) is 8.63. The average Bonchev–Trinajstić information content (AvgIpc) is 3.07. The van der Waals surface area contributed by atoms with Gasteiger partial charge in [-0.2, -0.15) is 0 Å². The van der Waals surface area contributed by atoms with Gasteiger partial charge in [0.05, 0.1) is 21.6 Å². The summed E-state index contributed by atoms with van der Waals surface area (Å²) in [6.45, 7) is 0. The summed E-state index contributed by atoms with van der Waals surface area (Å²) in [6.07, 6.45) is 1.16. The monoisotopic (exact) mass is 436 g/mol. The van der Waals surface area contributed by atoms with Crippen molar-refractivity contribution >= 4 is 49.1 Å². The fourth-order valence-corrected chi connectivity index (χ4v) is 4.13. The van der Waals surface area contributed by atoms with Gasteiger partial charge in [0, 0.05) is 16.6 Å². The number of amides is 1. The highest BCUT2D eigenvalue weighted by Crippen LogP contribution is 2.24. The summed E-state index contributed by atoms with van der Waals surface area (Å²) in [5, 5.41) is 4.05. The predicted molar refractivity (Wildman–Crippen MR) is 115 cm³/mol. The molecule has 4 aromatic rings. The number of anilines is 1. The van der Waals surface area contributed by atoms with E-state index in [1.165, 1.54) is 10.3 Å². The van der Waals surface area contributed by atoms with Crippen LogP contribution in [-0.2, 0) is 17.6 Å². The lowest BCUT2D eigenvalue weighted by Crippen LogP contribution is -2.14. The number of fused-ring (bicyclic) bond motifs is 1. The van der Waals surface area contributed by atoms with E-state index < -0.39 is 0 Å². The molecule has 0 saturated heterocycles. The van der Waals surface area contributed by atoms with Gasteiger partial charge in [-0.1, -0.05) is 52.3 Å². The van der Waals surface area contributed by atoms with E-state index in [0.717, 1.165) is 32.7 Å². The Balaban J connectivity index is 1.38. The number of nitrogens with one attached hydrogen (secondary N) is 1. The van der Waals surface area contributed by atoms with Crippen molar-refractivity contribution in [1.29, 1.82) is 0 Å². The topological polar surface area (TPSA) is 42.0 Å². The van der Waals surface area contributed by atoms with Gasteiger partial charge in [0.2, 0.25) is 5.91 Å². The fourth-order valence-electron chi connectivity index (χ4n) is 2.87. The molecule has 3 nitrogen and oxygen atoms in total. The standard InChI is InChI=1S/C22H17BrN2OS/c23-17-9-5-15(6-10-17)13-21(26)24-18-11-7-16(8-12-18)14-22-25-19-3-1-2-4-20(19)27-22/h1-12H,13-14H2,(H,24,26). The molecular formula is C22H17BrN2OS. The van der Waals surface area contributed by atoms with E-state index in [0.29, 0.717) is 6.42 Å². The first-order chi connectivity index (χ1) is 13.2. The van der Waals surface area contributed by atoms with Crippen LogP contribution >= 0.6 is 27.3 Å². The van der Waals surface area contributed by atoms with Gasteiger partial charge in [-0.15, -0.1) is 11.3 Å². The van der Waals surface area contributed by atoms with Crippen LogP contribution in [0.4, 0.5) is 5.69 Å². The Bertz CT molecular complexity index is 1040. The van der Waals surface area contributed by atoms with Crippen LogP contribution in [0.15, 0.2) is 77.3 Å². The minimum Gasteiger partial charge on any atom is -0.326 e. The molecule has 4 rings (SSSR count). The summed E-state index contributed by atoms with van der Waals surface area (Å²) >= 11 is 5.13. The van der Waals surface area contributed by atoms with Crippen molar-refractivity contribution in [2.45, 2.75) is 12.8 Å². The number of hydrogen-bond donors (Lipinski definition) is 1. The van der Waals surface area contributed by atoms with Gasteiger partial charge in [0.1, 0.15) is 0 Å².